The molecular formula is C20H30O2. The summed E-state index contributed by atoms with van der Waals surface area (Å²) >= 11 is 0. The molecule has 0 bridgehead atoms. The molecule has 22 heavy (non-hydrogen) atoms. The molecule has 0 radical (unpaired) electrons. The molecule has 0 spiro atoms. The summed E-state index contributed by atoms with van der Waals surface area (Å²) in [6.45, 7) is 7.11. The molecule has 1 N–H and O–H groups in total. The van der Waals surface area contributed by atoms with Gasteiger partial charge in [-0.1, -0.05) is 26.3 Å². The summed E-state index contributed by atoms with van der Waals surface area (Å²) in [4.78, 5) is 11.9. The number of allylic oxidation sites excluding steroid dienone is 1. The molecule has 4 aliphatic rings. The first-order valence-electron chi connectivity index (χ1n) is 9.29. The Kier molecular flexibility index (Phi) is 3.18. The largest absolute Gasteiger partial charge is 0.393 e. The maximum absolute atomic E-state index is 11.9. The number of fused-ring (bicyclic) bond motifs is 5. The standard InChI is InChI=1S/C20H30O2/c1-12-10-14-15-4-5-18(22)20(15,3)9-7-16(14)19(2)8-6-13(21)11-17(12)19/h11-12,14-16,18,22H,4-10H2,1-3H3/t12-,14-,15-,16-,18+,19+,20-/m0/s1. The molecule has 0 amide bonds. The number of aliphatic hydroxyl groups is 1. The number of ketones is 1. The second kappa shape index (κ2) is 4.69. The van der Waals surface area contributed by atoms with Crippen molar-refractivity contribution in [2.24, 2.45) is 34.5 Å². The van der Waals surface area contributed by atoms with Gasteiger partial charge in [0, 0.05) is 6.42 Å². The molecule has 3 fully saturated rings. The molecule has 2 nitrogen and oxygen atoms in total. The molecule has 122 valence electrons. The summed E-state index contributed by atoms with van der Waals surface area (Å²) in [6, 6.07) is 0. The topological polar surface area (TPSA) is 37.3 Å². The van der Waals surface area contributed by atoms with Gasteiger partial charge in [-0.2, -0.15) is 0 Å². The second-order valence-corrected chi connectivity index (χ2v) is 9.13. The summed E-state index contributed by atoms with van der Waals surface area (Å²) in [6.07, 6.45) is 9.54. The molecule has 4 rings (SSSR count). The van der Waals surface area contributed by atoms with Crippen molar-refractivity contribution in [3.63, 3.8) is 0 Å². The Morgan fingerprint density at radius 1 is 1.14 bits per heavy atom. The highest BCUT2D eigenvalue weighted by Crippen LogP contribution is 2.66. The van der Waals surface area contributed by atoms with Crippen LogP contribution in [0.5, 0.6) is 0 Å². The number of hydrogen-bond donors (Lipinski definition) is 1. The lowest BCUT2D eigenvalue weighted by molar-refractivity contribution is -0.118. The quantitative estimate of drug-likeness (QED) is 0.730. The lowest BCUT2D eigenvalue weighted by Gasteiger charge is -2.59. The SMILES string of the molecule is C[C@H]1C[C@H]2[C@@H]3CC[C@@H](O)[C@@]3(C)CC[C@@H]2[C@@]2(C)CCC(=O)C=C12. The van der Waals surface area contributed by atoms with Crippen molar-refractivity contribution in [2.45, 2.75) is 71.8 Å². The second-order valence-electron chi connectivity index (χ2n) is 9.13. The average molecular weight is 302 g/mol. The monoisotopic (exact) mass is 302 g/mol. The lowest BCUT2D eigenvalue weighted by Crippen LogP contribution is -2.52. The molecule has 7 atom stereocenters. The van der Waals surface area contributed by atoms with Gasteiger partial charge >= 0.3 is 0 Å². The van der Waals surface area contributed by atoms with Crippen molar-refractivity contribution in [3.8, 4) is 0 Å². The first-order chi connectivity index (χ1) is 10.4. The third-order valence-electron chi connectivity index (χ3n) is 8.23. The summed E-state index contributed by atoms with van der Waals surface area (Å²) in [5.41, 5.74) is 1.85. The fourth-order valence-electron chi connectivity index (χ4n) is 6.96. The van der Waals surface area contributed by atoms with Gasteiger partial charge < -0.3 is 5.11 Å². The van der Waals surface area contributed by atoms with Crippen LogP contribution in [0.4, 0.5) is 0 Å². The van der Waals surface area contributed by atoms with E-state index in [0.717, 1.165) is 31.1 Å². The zero-order chi connectivity index (χ0) is 15.7. The molecule has 0 aromatic rings. The van der Waals surface area contributed by atoms with Crippen LogP contribution in [-0.2, 0) is 4.79 Å². The summed E-state index contributed by atoms with van der Waals surface area (Å²) < 4.78 is 0. The Labute approximate surface area is 134 Å². The Bertz CT molecular complexity index is 536. The van der Waals surface area contributed by atoms with Crippen molar-refractivity contribution < 1.29 is 9.90 Å². The van der Waals surface area contributed by atoms with E-state index in [-0.39, 0.29) is 16.9 Å². The molecule has 3 saturated carbocycles. The van der Waals surface area contributed by atoms with Gasteiger partial charge in [0.15, 0.2) is 5.78 Å². The smallest absolute Gasteiger partial charge is 0.155 e. The van der Waals surface area contributed by atoms with E-state index < -0.39 is 0 Å². The van der Waals surface area contributed by atoms with Crippen LogP contribution < -0.4 is 0 Å². The van der Waals surface area contributed by atoms with E-state index in [1.807, 2.05) is 6.08 Å². The molecule has 0 unspecified atom stereocenters. The van der Waals surface area contributed by atoms with Crippen molar-refractivity contribution in [1.82, 2.24) is 0 Å². The van der Waals surface area contributed by atoms with Crippen molar-refractivity contribution >= 4 is 5.78 Å². The Morgan fingerprint density at radius 2 is 1.91 bits per heavy atom. The Hall–Kier alpha value is -0.630. The van der Waals surface area contributed by atoms with Crippen LogP contribution in [0.25, 0.3) is 0 Å². The number of rotatable bonds is 0. The van der Waals surface area contributed by atoms with Gasteiger partial charge in [-0.3, -0.25) is 4.79 Å². The molecular weight excluding hydrogens is 272 g/mol. The maximum atomic E-state index is 11.9. The van der Waals surface area contributed by atoms with E-state index in [4.69, 9.17) is 0 Å². The highest BCUT2D eigenvalue weighted by atomic mass is 16.3. The van der Waals surface area contributed by atoms with E-state index in [1.165, 1.54) is 31.3 Å². The van der Waals surface area contributed by atoms with Gasteiger partial charge in [-0.25, -0.2) is 0 Å². The van der Waals surface area contributed by atoms with Crippen LogP contribution in [0.15, 0.2) is 11.6 Å². The van der Waals surface area contributed by atoms with E-state index in [0.29, 0.717) is 17.6 Å². The van der Waals surface area contributed by atoms with E-state index in [1.54, 1.807) is 0 Å². The maximum Gasteiger partial charge on any atom is 0.155 e. The van der Waals surface area contributed by atoms with Crippen molar-refractivity contribution in [1.29, 1.82) is 0 Å². The normalized spacial score (nSPS) is 54.3. The van der Waals surface area contributed by atoms with Crippen LogP contribution in [0, 0.1) is 34.5 Å². The minimum Gasteiger partial charge on any atom is -0.393 e. The number of carbonyl (C=O) groups excluding carboxylic acids is 1. The van der Waals surface area contributed by atoms with Gasteiger partial charge in [0.05, 0.1) is 6.10 Å². The van der Waals surface area contributed by atoms with Crippen molar-refractivity contribution in [3.05, 3.63) is 11.6 Å². The third-order valence-corrected chi connectivity index (χ3v) is 8.23. The molecule has 4 aliphatic carbocycles. The minimum absolute atomic E-state index is 0.0913. The first kappa shape index (κ1) is 14.9. The highest BCUT2D eigenvalue weighted by molar-refractivity contribution is 5.91. The van der Waals surface area contributed by atoms with Crippen LogP contribution >= 0.6 is 0 Å². The molecule has 0 aromatic heterocycles. The predicted molar refractivity (Wildman–Crippen MR) is 87.3 cm³/mol. The van der Waals surface area contributed by atoms with Crippen molar-refractivity contribution in [2.75, 3.05) is 0 Å². The molecule has 2 heteroatoms. The first-order valence-corrected chi connectivity index (χ1v) is 9.29. The summed E-state index contributed by atoms with van der Waals surface area (Å²) in [7, 11) is 0. The van der Waals surface area contributed by atoms with Gasteiger partial charge in [0.25, 0.3) is 0 Å². The van der Waals surface area contributed by atoms with Gasteiger partial charge in [-0.05, 0) is 79.1 Å². The molecule has 0 aliphatic heterocycles. The predicted octanol–water partition coefficient (Wildman–Crippen LogP) is 4.13. The minimum atomic E-state index is -0.0913. The zero-order valence-electron chi connectivity index (χ0n) is 14.3. The fourth-order valence-corrected chi connectivity index (χ4v) is 6.96. The zero-order valence-corrected chi connectivity index (χ0v) is 14.3. The number of hydrogen-bond acceptors (Lipinski definition) is 2. The summed E-state index contributed by atoms with van der Waals surface area (Å²) in [5.74, 6) is 3.05. The van der Waals surface area contributed by atoms with Crippen LogP contribution in [0.1, 0.15) is 65.7 Å². The van der Waals surface area contributed by atoms with Gasteiger partial charge in [0.2, 0.25) is 0 Å². The van der Waals surface area contributed by atoms with E-state index >= 15 is 0 Å². The van der Waals surface area contributed by atoms with E-state index in [2.05, 4.69) is 20.8 Å². The Balaban J connectivity index is 1.73. The fraction of sp³-hybridized carbons (Fsp3) is 0.850. The lowest BCUT2D eigenvalue weighted by atomic mass is 9.45. The van der Waals surface area contributed by atoms with Crippen LogP contribution in [0.2, 0.25) is 0 Å². The van der Waals surface area contributed by atoms with Gasteiger partial charge in [-0.15, -0.1) is 0 Å². The summed E-state index contributed by atoms with van der Waals surface area (Å²) in [5, 5.41) is 10.5. The van der Waals surface area contributed by atoms with Gasteiger partial charge in [0.1, 0.15) is 0 Å². The highest BCUT2D eigenvalue weighted by Gasteiger charge is 2.59. The third kappa shape index (κ3) is 1.79. The van der Waals surface area contributed by atoms with Crippen LogP contribution in [0.3, 0.4) is 0 Å². The number of carbonyl (C=O) groups is 1. The van der Waals surface area contributed by atoms with E-state index in [9.17, 15) is 9.90 Å². The molecule has 0 heterocycles. The molecule has 0 aromatic carbocycles. The average Bonchev–Trinajstić information content (AvgIpc) is 2.77. The Morgan fingerprint density at radius 3 is 2.68 bits per heavy atom. The van der Waals surface area contributed by atoms with Crippen LogP contribution in [-0.4, -0.2) is 17.0 Å². The molecule has 0 saturated heterocycles. The number of aliphatic hydroxyl groups excluding tert-OH is 1.